The highest BCUT2D eigenvalue weighted by molar-refractivity contribution is 7.98. The van der Waals surface area contributed by atoms with Gasteiger partial charge in [-0.05, 0) is 43.0 Å². The highest BCUT2D eigenvalue weighted by Gasteiger charge is 2.35. The van der Waals surface area contributed by atoms with Crippen LogP contribution in [-0.2, 0) is 9.53 Å². The van der Waals surface area contributed by atoms with Gasteiger partial charge in [-0.1, -0.05) is 84.7 Å². The molecule has 6 nitrogen and oxygen atoms in total. The van der Waals surface area contributed by atoms with Crippen LogP contribution in [0, 0.1) is 0 Å². The summed E-state index contributed by atoms with van der Waals surface area (Å²) in [4.78, 5) is 34.1. The predicted molar refractivity (Wildman–Crippen MR) is 161 cm³/mol. The van der Waals surface area contributed by atoms with Gasteiger partial charge in [-0.3, -0.25) is 9.36 Å². The van der Waals surface area contributed by atoms with Gasteiger partial charge in [-0.15, -0.1) is 11.8 Å². The van der Waals surface area contributed by atoms with Gasteiger partial charge in [-0.2, -0.15) is 0 Å². The Labute approximate surface area is 240 Å². The van der Waals surface area contributed by atoms with Crippen molar-refractivity contribution in [2.24, 2.45) is 4.99 Å². The Morgan fingerprint density at radius 2 is 1.80 bits per heavy atom. The molecule has 1 aromatic heterocycles. The number of thiazole rings is 1. The van der Waals surface area contributed by atoms with E-state index in [0.717, 1.165) is 21.6 Å². The summed E-state index contributed by atoms with van der Waals surface area (Å²) in [7, 11) is 0. The Morgan fingerprint density at radius 3 is 2.50 bits per heavy atom. The van der Waals surface area contributed by atoms with Gasteiger partial charge < -0.3 is 9.47 Å². The van der Waals surface area contributed by atoms with Crippen molar-refractivity contribution in [3.8, 4) is 5.75 Å². The smallest absolute Gasteiger partial charge is 0.338 e. The molecular weight excluding hydrogens is 540 g/mol. The zero-order chi connectivity index (χ0) is 28.1. The first-order chi connectivity index (χ1) is 19.5. The second kappa shape index (κ2) is 12.4. The fourth-order valence-electron chi connectivity index (χ4n) is 4.56. The lowest BCUT2D eigenvalue weighted by Gasteiger charge is -2.26. The molecule has 1 aliphatic heterocycles. The second-order valence-corrected chi connectivity index (χ2v) is 10.7. The zero-order valence-electron chi connectivity index (χ0n) is 22.2. The normalized spacial score (nSPS) is 14.8. The van der Waals surface area contributed by atoms with Gasteiger partial charge in [0, 0.05) is 16.0 Å². The number of benzene rings is 3. The van der Waals surface area contributed by atoms with Crippen LogP contribution in [0.4, 0.5) is 0 Å². The van der Waals surface area contributed by atoms with Gasteiger partial charge in [-0.25, -0.2) is 9.79 Å². The second-order valence-electron chi connectivity index (χ2n) is 8.84. The largest absolute Gasteiger partial charge is 0.489 e. The molecule has 0 spiro atoms. The molecule has 1 unspecified atom stereocenters. The molecule has 0 saturated carbocycles. The molecule has 0 amide bonds. The summed E-state index contributed by atoms with van der Waals surface area (Å²) in [6, 6.07) is 24.3. The van der Waals surface area contributed by atoms with Crippen LogP contribution in [0.5, 0.6) is 5.75 Å². The molecule has 0 bridgehead atoms. The van der Waals surface area contributed by atoms with Gasteiger partial charge in [0.2, 0.25) is 0 Å². The van der Waals surface area contributed by atoms with Crippen LogP contribution in [0.25, 0.3) is 11.8 Å². The molecule has 2 heterocycles. The van der Waals surface area contributed by atoms with Crippen molar-refractivity contribution in [1.29, 1.82) is 0 Å². The quantitative estimate of drug-likeness (QED) is 0.157. The molecule has 202 valence electrons. The van der Waals surface area contributed by atoms with Crippen molar-refractivity contribution in [2.45, 2.75) is 17.9 Å². The number of ether oxygens (including phenoxy) is 2. The van der Waals surface area contributed by atoms with Gasteiger partial charge >= 0.3 is 5.97 Å². The minimum Gasteiger partial charge on any atom is -0.489 e. The van der Waals surface area contributed by atoms with Crippen molar-refractivity contribution in [3.63, 3.8) is 0 Å². The fourth-order valence-corrected chi connectivity index (χ4v) is 5.96. The van der Waals surface area contributed by atoms with E-state index in [-0.39, 0.29) is 12.2 Å². The van der Waals surface area contributed by atoms with Gasteiger partial charge in [0.05, 0.1) is 28.5 Å². The van der Waals surface area contributed by atoms with Crippen molar-refractivity contribution < 1.29 is 14.3 Å². The number of hydrogen-bond acceptors (Lipinski definition) is 7. The Kier molecular flexibility index (Phi) is 8.48. The number of thioether (sulfide) groups is 1. The zero-order valence-corrected chi connectivity index (χ0v) is 23.8. The number of rotatable bonds is 9. The maximum absolute atomic E-state index is 14.1. The van der Waals surface area contributed by atoms with E-state index in [9.17, 15) is 9.59 Å². The van der Waals surface area contributed by atoms with E-state index in [1.807, 2.05) is 91.2 Å². The Bertz CT molecular complexity index is 1750. The van der Waals surface area contributed by atoms with Crippen molar-refractivity contribution >= 4 is 40.8 Å². The number of fused-ring (bicyclic) bond motifs is 1. The maximum atomic E-state index is 14.1. The molecule has 5 rings (SSSR count). The van der Waals surface area contributed by atoms with Gasteiger partial charge in [0.15, 0.2) is 4.80 Å². The third-order valence-electron chi connectivity index (χ3n) is 6.37. The first-order valence-electron chi connectivity index (χ1n) is 12.8. The standard InChI is InChI=1S/C32H28N2O4S2/c1-4-19-38-25-14-10-9-13-23(25)20-26-30(35)34-29(22-15-17-24(39-3)18-16-22)27(31(36)37-5-2)28(33-32(34)40-26)21-11-7-6-8-12-21/h4,6-18,20,29H,1,5,19H2,2-3H3/b26-20-. The summed E-state index contributed by atoms with van der Waals surface area (Å²) in [6.45, 7) is 6.04. The molecule has 40 heavy (non-hydrogen) atoms. The first-order valence-corrected chi connectivity index (χ1v) is 14.8. The van der Waals surface area contributed by atoms with Crippen molar-refractivity contribution in [3.05, 3.63) is 133 Å². The van der Waals surface area contributed by atoms with Crippen LogP contribution < -0.4 is 19.6 Å². The summed E-state index contributed by atoms with van der Waals surface area (Å²) in [5.41, 5.74) is 2.93. The van der Waals surface area contributed by atoms with E-state index in [2.05, 4.69) is 6.58 Å². The number of hydrogen-bond donors (Lipinski definition) is 0. The summed E-state index contributed by atoms with van der Waals surface area (Å²) >= 11 is 2.91. The highest BCUT2D eigenvalue weighted by atomic mass is 32.2. The lowest BCUT2D eigenvalue weighted by molar-refractivity contribution is -0.138. The minimum absolute atomic E-state index is 0.203. The van der Waals surface area contributed by atoms with E-state index >= 15 is 0 Å². The molecule has 3 aromatic carbocycles. The summed E-state index contributed by atoms with van der Waals surface area (Å²) in [5.74, 6) is 0.149. The Hall–Kier alpha value is -4.14. The lowest BCUT2D eigenvalue weighted by atomic mass is 9.93. The third-order valence-corrected chi connectivity index (χ3v) is 8.09. The minimum atomic E-state index is -0.712. The van der Waals surface area contributed by atoms with Crippen LogP contribution in [0.2, 0.25) is 0 Å². The molecule has 0 saturated heterocycles. The fraction of sp³-hybridized carbons (Fsp3) is 0.156. The summed E-state index contributed by atoms with van der Waals surface area (Å²) in [5, 5.41) is 0. The van der Waals surface area contributed by atoms with Crippen LogP contribution in [0.1, 0.15) is 29.7 Å². The number of para-hydroxylation sites is 1. The number of aromatic nitrogens is 1. The van der Waals surface area contributed by atoms with E-state index in [4.69, 9.17) is 14.5 Å². The SMILES string of the molecule is C=CCOc1ccccc1/C=c1\sc2n(c1=O)C(c1ccc(SC)cc1)C(C(=O)OCC)=C(c1ccccc1)N=2. The first kappa shape index (κ1) is 27.4. The number of nitrogens with zero attached hydrogens (tertiary/aromatic N) is 2. The maximum Gasteiger partial charge on any atom is 0.338 e. The van der Waals surface area contributed by atoms with Crippen LogP contribution >= 0.6 is 23.1 Å². The predicted octanol–water partition coefficient (Wildman–Crippen LogP) is 5.22. The third kappa shape index (κ3) is 5.46. The molecule has 0 N–H and O–H groups in total. The van der Waals surface area contributed by atoms with E-state index in [1.54, 1.807) is 29.3 Å². The average Bonchev–Trinajstić information content (AvgIpc) is 3.30. The summed E-state index contributed by atoms with van der Waals surface area (Å²) < 4.78 is 13.4. The highest BCUT2D eigenvalue weighted by Crippen LogP contribution is 2.35. The van der Waals surface area contributed by atoms with Gasteiger partial charge in [0.1, 0.15) is 12.4 Å². The topological polar surface area (TPSA) is 69.9 Å². The molecule has 1 aliphatic rings. The Morgan fingerprint density at radius 1 is 1.07 bits per heavy atom. The number of esters is 1. The number of carbonyl (C=O) groups is 1. The molecule has 4 aromatic rings. The van der Waals surface area contributed by atoms with Crippen molar-refractivity contribution in [2.75, 3.05) is 19.5 Å². The van der Waals surface area contributed by atoms with Crippen LogP contribution in [-0.4, -0.2) is 30.0 Å². The molecular formula is C32H28N2O4S2. The number of carbonyl (C=O) groups excluding carboxylic acids is 1. The summed E-state index contributed by atoms with van der Waals surface area (Å²) in [6.07, 6.45) is 5.49. The monoisotopic (exact) mass is 568 g/mol. The molecule has 0 radical (unpaired) electrons. The Balaban J connectivity index is 1.79. The van der Waals surface area contributed by atoms with Gasteiger partial charge in [0.25, 0.3) is 5.56 Å². The van der Waals surface area contributed by atoms with Crippen LogP contribution in [0.3, 0.4) is 0 Å². The molecule has 8 heteroatoms. The molecule has 0 fully saturated rings. The van der Waals surface area contributed by atoms with E-state index in [0.29, 0.717) is 33.0 Å². The van der Waals surface area contributed by atoms with E-state index in [1.165, 1.54) is 11.3 Å². The van der Waals surface area contributed by atoms with Crippen molar-refractivity contribution in [1.82, 2.24) is 4.57 Å². The van der Waals surface area contributed by atoms with Crippen LogP contribution in [0.15, 0.2) is 112 Å². The average molecular weight is 569 g/mol. The lowest BCUT2D eigenvalue weighted by Crippen LogP contribution is -2.40. The van der Waals surface area contributed by atoms with E-state index < -0.39 is 12.0 Å². The molecule has 0 aliphatic carbocycles. The molecule has 1 atom stereocenters.